The Morgan fingerprint density at radius 3 is 2.78 bits per heavy atom. The Morgan fingerprint density at radius 2 is 2.11 bits per heavy atom. The Kier molecular flexibility index (Phi) is 7.23. The fraction of sp³-hybridized carbons (Fsp3) is 0.292. The highest BCUT2D eigenvalue weighted by atomic mass is 79.9. The number of amides is 2. The van der Waals surface area contributed by atoms with Crippen LogP contribution in [-0.2, 0) is 27.5 Å². The van der Waals surface area contributed by atoms with Crippen molar-refractivity contribution in [2.45, 2.75) is 32.2 Å². The highest BCUT2D eigenvalue weighted by molar-refractivity contribution is 9.10. The third-order valence-corrected chi connectivity index (χ3v) is 7.06. The molecule has 4 rings (SSSR count). The van der Waals surface area contributed by atoms with Gasteiger partial charge in [0.15, 0.2) is 21.5 Å². The van der Waals surface area contributed by atoms with Crippen LogP contribution >= 0.6 is 15.9 Å². The summed E-state index contributed by atoms with van der Waals surface area (Å²) >= 11 is 3.49. The topological polar surface area (TPSA) is 147 Å². The number of carbonyl (C=O) groups excluding carboxylic acids is 2. The van der Waals surface area contributed by atoms with Crippen LogP contribution < -0.4 is 10.6 Å². The van der Waals surface area contributed by atoms with Gasteiger partial charge in [-0.1, -0.05) is 22.0 Å². The first-order valence-corrected chi connectivity index (χ1v) is 13.9. The van der Waals surface area contributed by atoms with E-state index in [1.165, 1.54) is 28.6 Å². The van der Waals surface area contributed by atoms with Crippen molar-refractivity contribution in [3.8, 4) is 11.9 Å². The van der Waals surface area contributed by atoms with E-state index >= 15 is 0 Å². The number of fused-ring (bicyclic) bond motifs is 1. The summed E-state index contributed by atoms with van der Waals surface area (Å²) in [4.78, 5) is 29.8. The van der Waals surface area contributed by atoms with Gasteiger partial charge in [0.1, 0.15) is 17.4 Å². The number of anilines is 1. The Labute approximate surface area is 216 Å². The molecule has 3 aromatic rings. The van der Waals surface area contributed by atoms with Gasteiger partial charge in [-0.3, -0.25) is 9.59 Å². The van der Waals surface area contributed by atoms with Crippen LogP contribution in [0.5, 0.6) is 0 Å². The number of pyridine rings is 1. The Balaban J connectivity index is 1.65. The number of halogens is 1. The fourth-order valence-electron chi connectivity index (χ4n) is 4.07. The Bertz CT molecular complexity index is 1490. The van der Waals surface area contributed by atoms with E-state index in [0.29, 0.717) is 24.1 Å². The second-order valence-corrected chi connectivity index (χ2v) is 11.8. The number of hydrogen-bond donors (Lipinski definition) is 2. The number of carbonyl (C=O) groups is 2. The summed E-state index contributed by atoms with van der Waals surface area (Å²) in [5, 5.41) is 19.1. The van der Waals surface area contributed by atoms with Crippen molar-refractivity contribution in [3.05, 3.63) is 68.9 Å². The molecule has 0 aliphatic carbocycles. The smallest absolute Gasteiger partial charge is 0.257 e. The van der Waals surface area contributed by atoms with Crippen molar-refractivity contribution in [1.82, 2.24) is 20.1 Å². The molecule has 1 aliphatic heterocycles. The molecule has 0 radical (unpaired) electrons. The van der Waals surface area contributed by atoms with Crippen LogP contribution in [0.1, 0.15) is 39.2 Å². The first kappa shape index (κ1) is 25.5. The van der Waals surface area contributed by atoms with Gasteiger partial charge in [-0.05, 0) is 55.2 Å². The van der Waals surface area contributed by atoms with E-state index in [9.17, 15) is 18.0 Å². The highest BCUT2D eigenvalue weighted by Gasteiger charge is 2.33. The van der Waals surface area contributed by atoms with Gasteiger partial charge in [0.05, 0.1) is 11.3 Å². The number of aryl methyl sites for hydroxylation is 2. The number of hydrogen-bond acceptors (Lipinski definition) is 7. The number of nitrogens with zero attached hydrogens (tertiary/aromatic N) is 4. The van der Waals surface area contributed by atoms with Gasteiger partial charge in [-0.25, -0.2) is 13.4 Å². The number of sulfone groups is 1. The lowest BCUT2D eigenvalue weighted by Crippen LogP contribution is -2.41. The summed E-state index contributed by atoms with van der Waals surface area (Å²) in [6, 6.07) is 11.0. The number of nitriles is 1. The van der Waals surface area contributed by atoms with Gasteiger partial charge in [0.25, 0.3) is 5.91 Å². The minimum absolute atomic E-state index is 0.0367. The lowest BCUT2D eigenvalue weighted by molar-refractivity contribution is -0.113. The molecule has 1 aliphatic rings. The van der Waals surface area contributed by atoms with E-state index < -0.39 is 27.4 Å². The molecule has 0 unspecified atom stereocenters. The zero-order valence-corrected chi connectivity index (χ0v) is 22.0. The monoisotopic (exact) mass is 570 g/mol. The molecule has 0 bridgehead atoms. The van der Waals surface area contributed by atoms with Crippen LogP contribution in [0.3, 0.4) is 0 Å². The molecule has 2 N–H and O–H groups in total. The van der Waals surface area contributed by atoms with E-state index in [-0.39, 0.29) is 23.2 Å². The maximum Gasteiger partial charge on any atom is 0.257 e. The van der Waals surface area contributed by atoms with Crippen molar-refractivity contribution >= 4 is 43.4 Å². The summed E-state index contributed by atoms with van der Waals surface area (Å²) in [5.41, 5.74) is 3.30. The quantitative estimate of drug-likeness (QED) is 0.443. The molecule has 0 saturated heterocycles. The zero-order valence-electron chi connectivity index (χ0n) is 19.6. The minimum Gasteiger partial charge on any atom is -0.349 e. The highest BCUT2D eigenvalue weighted by Crippen LogP contribution is 2.29. The van der Waals surface area contributed by atoms with Crippen LogP contribution in [0, 0.1) is 18.3 Å². The largest absolute Gasteiger partial charge is 0.349 e. The lowest BCUT2D eigenvalue weighted by Gasteiger charge is -2.23. The molecule has 12 heteroatoms. The van der Waals surface area contributed by atoms with Crippen LogP contribution in [0.2, 0.25) is 0 Å². The van der Waals surface area contributed by atoms with Gasteiger partial charge in [0.2, 0.25) is 5.91 Å². The van der Waals surface area contributed by atoms with Gasteiger partial charge in [0, 0.05) is 29.4 Å². The van der Waals surface area contributed by atoms with Crippen molar-refractivity contribution in [3.63, 3.8) is 0 Å². The van der Waals surface area contributed by atoms with Crippen molar-refractivity contribution < 1.29 is 18.0 Å². The van der Waals surface area contributed by atoms with E-state index in [1.54, 1.807) is 0 Å². The predicted molar refractivity (Wildman–Crippen MR) is 137 cm³/mol. The third-order valence-electron chi connectivity index (χ3n) is 5.78. The average molecular weight is 571 g/mol. The van der Waals surface area contributed by atoms with Crippen LogP contribution in [0.15, 0.2) is 41.0 Å². The van der Waals surface area contributed by atoms with Crippen molar-refractivity contribution in [1.29, 1.82) is 5.26 Å². The summed E-state index contributed by atoms with van der Waals surface area (Å²) in [7, 11) is -3.59. The molecule has 1 aromatic carbocycles. The zero-order chi connectivity index (χ0) is 26.0. The van der Waals surface area contributed by atoms with Gasteiger partial charge in [-0.2, -0.15) is 15.0 Å². The van der Waals surface area contributed by atoms with E-state index in [4.69, 9.17) is 5.26 Å². The van der Waals surface area contributed by atoms with Crippen molar-refractivity contribution in [2.24, 2.45) is 0 Å². The molecule has 2 aromatic heterocycles. The molecule has 2 amide bonds. The first-order valence-electron chi connectivity index (χ1n) is 11.1. The predicted octanol–water partition coefficient (Wildman–Crippen LogP) is 2.48. The van der Waals surface area contributed by atoms with E-state index in [2.05, 4.69) is 42.7 Å². The summed E-state index contributed by atoms with van der Waals surface area (Å²) in [6.07, 6.45) is 4.15. The second kappa shape index (κ2) is 10.2. The molecule has 10 nitrogen and oxygen atoms in total. The standard InChI is InChI=1S/C24H23BrN6O4S/c1-14-3-6-17(25)9-16(14)5-7-18-10-19-22(24(33)28-18)23(29-21(32)13-36(2,34)35)31(30-19)20-8-4-15(11-26)12-27-20/h3-4,6,8-9,12,18H,5,7,10,13H2,1-2H3,(H,28,33)(H,29,32)/t18-/m0/s1. The van der Waals surface area contributed by atoms with E-state index in [0.717, 1.165) is 22.7 Å². The normalized spacial score (nSPS) is 15.1. The number of aromatic nitrogens is 3. The van der Waals surface area contributed by atoms with Gasteiger partial charge in [-0.15, -0.1) is 0 Å². The van der Waals surface area contributed by atoms with Crippen LogP contribution in [-0.4, -0.2) is 53.0 Å². The second-order valence-electron chi connectivity index (χ2n) is 8.70. The van der Waals surface area contributed by atoms with Gasteiger partial charge >= 0.3 is 0 Å². The van der Waals surface area contributed by atoms with Crippen molar-refractivity contribution in [2.75, 3.05) is 17.3 Å². The first-order chi connectivity index (χ1) is 17.0. The molecule has 3 heterocycles. The number of nitrogens with one attached hydrogen (secondary N) is 2. The number of benzene rings is 1. The SMILES string of the molecule is Cc1ccc(Br)cc1CC[C@H]1Cc2nn(-c3ccc(C#N)cn3)c(NC(=O)CS(C)(=O)=O)c2C(=O)N1. The van der Waals surface area contributed by atoms with Gasteiger partial charge < -0.3 is 10.6 Å². The third kappa shape index (κ3) is 5.80. The molecule has 36 heavy (non-hydrogen) atoms. The maximum absolute atomic E-state index is 13.2. The van der Waals surface area contributed by atoms with Crippen LogP contribution in [0.25, 0.3) is 5.82 Å². The van der Waals surface area contributed by atoms with E-state index in [1.807, 2.05) is 25.1 Å². The summed E-state index contributed by atoms with van der Waals surface area (Å²) in [6.45, 7) is 2.04. The molecular formula is C24H23BrN6O4S. The molecular weight excluding hydrogens is 548 g/mol. The molecule has 0 spiro atoms. The minimum atomic E-state index is -3.59. The molecule has 0 saturated carbocycles. The summed E-state index contributed by atoms with van der Waals surface area (Å²) < 4.78 is 25.5. The maximum atomic E-state index is 13.2. The molecule has 1 atom stereocenters. The summed E-state index contributed by atoms with van der Waals surface area (Å²) in [5.74, 6) is -1.65. The fourth-order valence-corrected chi connectivity index (χ4v) is 5.02. The Morgan fingerprint density at radius 1 is 1.33 bits per heavy atom. The Hall–Kier alpha value is -3.56. The average Bonchev–Trinajstić information content (AvgIpc) is 3.17. The number of rotatable bonds is 7. The molecule has 186 valence electrons. The van der Waals surface area contributed by atoms with Crippen LogP contribution in [0.4, 0.5) is 5.82 Å². The lowest BCUT2D eigenvalue weighted by atomic mass is 9.95. The molecule has 0 fully saturated rings.